The van der Waals surface area contributed by atoms with E-state index in [9.17, 15) is 9.18 Å². The molecule has 6 heteroatoms. The van der Waals surface area contributed by atoms with Gasteiger partial charge in [-0.3, -0.25) is 10.3 Å². The van der Waals surface area contributed by atoms with E-state index in [0.717, 1.165) is 4.90 Å². The number of amides is 2. The summed E-state index contributed by atoms with van der Waals surface area (Å²) in [6.07, 6.45) is 1.17. The van der Waals surface area contributed by atoms with Gasteiger partial charge in [0, 0.05) is 6.54 Å². The van der Waals surface area contributed by atoms with Crippen molar-refractivity contribution < 1.29 is 9.18 Å². The minimum atomic E-state index is -0.652. The number of nitrogens with zero attached hydrogens (tertiary/aromatic N) is 1. The Morgan fingerprint density at radius 1 is 1.64 bits per heavy atom. The molecule has 0 aromatic heterocycles. The maximum Gasteiger partial charge on any atom is 0.322 e. The first-order valence-corrected chi connectivity index (χ1v) is 4.50. The number of alkyl halides is 1. The number of hydrogen-bond donors (Lipinski definition) is 2. The summed E-state index contributed by atoms with van der Waals surface area (Å²) in [4.78, 5) is 12.4. The molecule has 2 amide bonds. The van der Waals surface area contributed by atoms with Crippen molar-refractivity contribution >= 4 is 19.7 Å². The maximum absolute atomic E-state index is 12.0. The van der Waals surface area contributed by atoms with Crippen molar-refractivity contribution in [3.8, 4) is 0 Å². The number of urea groups is 1. The molecule has 0 aliphatic heterocycles. The topological polar surface area (TPSA) is 56.2 Å². The molecule has 0 unspecified atom stereocenters. The van der Waals surface area contributed by atoms with Gasteiger partial charge in [0.05, 0.1) is 14.4 Å². The molecular formula is C8H15BFN3O. The van der Waals surface area contributed by atoms with Gasteiger partial charge in [-0.05, 0) is 13.3 Å². The molecule has 0 aliphatic carbocycles. The Bertz CT molecular complexity index is 201. The first-order chi connectivity index (χ1) is 6.63. The summed E-state index contributed by atoms with van der Waals surface area (Å²) in [7, 11) is 5.24. The van der Waals surface area contributed by atoms with E-state index in [0.29, 0.717) is 19.3 Å². The number of carbonyl (C=O) groups is 1. The van der Waals surface area contributed by atoms with Crippen LogP contribution in [0.2, 0.25) is 6.32 Å². The molecular weight excluding hydrogens is 184 g/mol. The second-order valence-electron chi connectivity index (χ2n) is 2.80. The summed E-state index contributed by atoms with van der Waals surface area (Å²) in [6.45, 7) is 1.16. The largest absolute Gasteiger partial charge is 0.338 e. The quantitative estimate of drug-likeness (QED) is 0.294. The molecule has 0 aromatic carbocycles. The number of rotatable bonds is 5. The molecule has 0 bridgehead atoms. The SMILES string of the molecule is [B]CCCNC(=O)N(CCF)C(C)=N. The molecule has 78 valence electrons. The van der Waals surface area contributed by atoms with Crippen molar-refractivity contribution in [2.45, 2.75) is 19.7 Å². The molecule has 0 fully saturated rings. The van der Waals surface area contributed by atoms with E-state index < -0.39 is 12.7 Å². The zero-order valence-corrected chi connectivity index (χ0v) is 8.35. The zero-order valence-electron chi connectivity index (χ0n) is 8.35. The van der Waals surface area contributed by atoms with E-state index in [2.05, 4.69) is 5.32 Å². The second-order valence-corrected chi connectivity index (χ2v) is 2.80. The minimum absolute atomic E-state index is 0.0351. The van der Waals surface area contributed by atoms with Crippen LogP contribution in [0.4, 0.5) is 9.18 Å². The molecule has 14 heavy (non-hydrogen) atoms. The third-order valence-electron chi connectivity index (χ3n) is 1.62. The lowest BCUT2D eigenvalue weighted by Crippen LogP contribution is -2.43. The number of hydrogen-bond acceptors (Lipinski definition) is 2. The molecule has 0 spiro atoms. The fourth-order valence-corrected chi connectivity index (χ4v) is 0.899. The molecule has 0 heterocycles. The van der Waals surface area contributed by atoms with Gasteiger partial charge in [-0.1, -0.05) is 6.32 Å². The molecule has 0 rings (SSSR count). The highest BCUT2D eigenvalue weighted by molar-refractivity contribution is 6.08. The fraction of sp³-hybridized carbons (Fsp3) is 0.750. The van der Waals surface area contributed by atoms with Crippen molar-refractivity contribution in [3.63, 3.8) is 0 Å². The third-order valence-corrected chi connectivity index (χ3v) is 1.62. The maximum atomic E-state index is 12.0. The summed E-state index contributed by atoms with van der Waals surface area (Å²) < 4.78 is 12.0. The zero-order chi connectivity index (χ0) is 11.0. The molecule has 0 saturated carbocycles. The van der Waals surface area contributed by atoms with Crippen LogP contribution in [0, 0.1) is 5.41 Å². The summed E-state index contributed by atoms with van der Waals surface area (Å²) in [5.74, 6) is 0.0351. The van der Waals surface area contributed by atoms with Crippen LogP contribution in [0.5, 0.6) is 0 Å². The lowest BCUT2D eigenvalue weighted by molar-refractivity contribution is 0.217. The van der Waals surface area contributed by atoms with Crippen molar-refractivity contribution in [1.82, 2.24) is 10.2 Å². The van der Waals surface area contributed by atoms with E-state index in [1.54, 1.807) is 0 Å². The molecule has 0 atom stereocenters. The molecule has 0 aromatic rings. The Balaban J connectivity index is 3.96. The molecule has 0 saturated heterocycles. The highest BCUT2D eigenvalue weighted by Gasteiger charge is 2.13. The Morgan fingerprint density at radius 2 is 2.29 bits per heavy atom. The predicted octanol–water partition coefficient (Wildman–Crippen LogP) is 0.942. The Morgan fingerprint density at radius 3 is 2.71 bits per heavy atom. The summed E-state index contributed by atoms with van der Waals surface area (Å²) in [5.41, 5.74) is 0. The average Bonchev–Trinajstić information content (AvgIpc) is 2.13. The number of nitrogens with one attached hydrogen (secondary N) is 2. The van der Waals surface area contributed by atoms with Crippen molar-refractivity contribution in [1.29, 1.82) is 5.41 Å². The molecule has 2 N–H and O–H groups in total. The fourth-order valence-electron chi connectivity index (χ4n) is 0.899. The van der Waals surface area contributed by atoms with Crippen molar-refractivity contribution in [3.05, 3.63) is 0 Å². The lowest BCUT2D eigenvalue weighted by Gasteiger charge is -2.20. The number of amidine groups is 1. The van der Waals surface area contributed by atoms with Crippen LogP contribution in [0.3, 0.4) is 0 Å². The van der Waals surface area contributed by atoms with Crippen LogP contribution in [0.15, 0.2) is 0 Å². The number of halogens is 1. The standard InChI is InChI=1S/C8H15BFN3O/c1-7(11)13(6-4-10)8(14)12-5-2-3-9/h11H,2-6H2,1H3,(H,12,14). The van der Waals surface area contributed by atoms with E-state index >= 15 is 0 Å². The predicted molar refractivity (Wildman–Crippen MR) is 54.7 cm³/mol. The van der Waals surface area contributed by atoms with Gasteiger partial charge in [0.25, 0.3) is 0 Å². The first kappa shape index (κ1) is 12.9. The third kappa shape index (κ3) is 4.84. The van der Waals surface area contributed by atoms with Crippen LogP contribution in [0.1, 0.15) is 13.3 Å². The van der Waals surface area contributed by atoms with Crippen LogP contribution >= 0.6 is 0 Å². The molecule has 2 radical (unpaired) electrons. The van der Waals surface area contributed by atoms with Gasteiger partial charge in [-0.25, -0.2) is 9.18 Å². The smallest absolute Gasteiger partial charge is 0.322 e. The Labute approximate surface area is 84.8 Å². The normalized spacial score (nSPS) is 9.57. The van der Waals surface area contributed by atoms with Gasteiger partial charge in [-0.2, -0.15) is 0 Å². The summed E-state index contributed by atoms with van der Waals surface area (Å²) >= 11 is 0. The van der Waals surface area contributed by atoms with Gasteiger partial charge in [0.2, 0.25) is 0 Å². The number of carbonyl (C=O) groups excluding carboxylic acids is 1. The highest BCUT2D eigenvalue weighted by Crippen LogP contribution is 1.92. The molecule has 0 aliphatic rings. The van der Waals surface area contributed by atoms with Crippen LogP contribution in [-0.2, 0) is 0 Å². The van der Waals surface area contributed by atoms with E-state index in [4.69, 9.17) is 13.3 Å². The van der Waals surface area contributed by atoms with Gasteiger partial charge in [0.1, 0.15) is 12.5 Å². The second kappa shape index (κ2) is 7.35. The van der Waals surface area contributed by atoms with Crippen LogP contribution in [-0.4, -0.2) is 44.4 Å². The van der Waals surface area contributed by atoms with E-state index in [1.165, 1.54) is 6.92 Å². The Hall–Kier alpha value is -1.07. The van der Waals surface area contributed by atoms with E-state index in [-0.39, 0.29) is 12.4 Å². The van der Waals surface area contributed by atoms with Gasteiger partial charge < -0.3 is 5.32 Å². The van der Waals surface area contributed by atoms with Gasteiger partial charge in [0.15, 0.2) is 0 Å². The monoisotopic (exact) mass is 199 g/mol. The van der Waals surface area contributed by atoms with E-state index in [1.807, 2.05) is 0 Å². The molecule has 4 nitrogen and oxygen atoms in total. The highest BCUT2D eigenvalue weighted by atomic mass is 19.1. The lowest BCUT2D eigenvalue weighted by atomic mass is 10.0. The van der Waals surface area contributed by atoms with Gasteiger partial charge in [-0.15, -0.1) is 0 Å². The Kier molecular flexibility index (Phi) is 6.79. The van der Waals surface area contributed by atoms with Crippen molar-refractivity contribution in [2.75, 3.05) is 19.8 Å². The first-order valence-electron chi connectivity index (χ1n) is 4.50. The minimum Gasteiger partial charge on any atom is -0.338 e. The van der Waals surface area contributed by atoms with Crippen LogP contribution < -0.4 is 5.32 Å². The van der Waals surface area contributed by atoms with Gasteiger partial charge >= 0.3 is 6.03 Å². The summed E-state index contributed by atoms with van der Waals surface area (Å²) in [5, 5.41) is 9.79. The average molecular weight is 199 g/mol. The summed E-state index contributed by atoms with van der Waals surface area (Å²) in [6, 6.07) is -0.441. The van der Waals surface area contributed by atoms with Crippen LogP contribution in [0.25, 0.3) is 0 Å². The van der Waals surface area contributed by atoms with Crippen molar-refractivity contribution in [2.24, 2.45) is 0 Å².